The Labute approximate surface area is 143 Å². The summed E-state index contributed by atoms with van der Waals surface area (Å²) >= 11 is 0. The molecule has 132 valence electrons. The summed E-state index contributed by atoms with van der Waals surface area (Å²) in [7, 11) is 1.67. The lowest BCUT2D eigenvalue weighted by Gasteiger charge is -2.07. The van der Waals surface area contributed by atoms with Crippen LogP contribution in [-0.2, 0) is 6.42 Å². The van der Waals surface area contributed by atoms with E-state index >= 15 is 0 Å². The van der Waals surface area contributed by atoms with Gasteiger partial charge in [0.25, 0.3) is 0 Å². The molecule has 0 heterocycles. The van der Waals surface area contributed by atoms with Crippen LogP contribution < -0.4 is 4.74 Å². The lowest BCUT2D eigenvalue weighted by Crippen LogP contribution is -1.90. The number of aromatic hydroxyl groups is 1. The van der Waals surface area contributed by atoms with Crippen LogP contribution in [0, 0.1) is 0 Å². The van der Waals surface area contributed by atoms with Gasteiger partial charge < -0.3 is 9.84 Å². The summed E-state index contributed by atoms with van der Waals surface area (Å²) in [5.74, 6) is 1.23. The Balaban J connectivity index is 1.95. The predicted octanol–water partition coefficient (Wildman–Crippen LogP) is 6.64. The number of methoxy groups -OCH3 is 1. The Bertz CT molecular complexity index is 401. The first-order chi connectivity index (χ1) is 11.3. The highest BCUT2D eigenvalue weighted by Crippen LogP contribution is 2.24. The van der Waals surface area contributed by atoms with Gasteiger partial charge in [-0.3, -0.25) is 0 Å². The van der Waals surface area contributed by atoms with Crippen LogP contribution in [0.4, 0.5) is 0 Å². The Morgan fingerprint density at radius 1 is 0.783 bits per heavy atom. The maximum atomic E-state index is 9.85. The van der Waals surface area contributed by atoms with E-state index in [-0.39, 0.29) is 0 Å². The Morgan fingerprint density at radius 2 is 1.30 bits per heavy atom. The number of benzene rings is 1. The molecule has 0 atom stereocenters. The van der Waals surface area contributed by atoms with E-state index in [1.54, 1.807) is 19.2 Å². The summed E-state index contributed by atoms with van der Waals surface area (Å²) in [4.78, 5) is 0. The predicted molar refractivity (Wildman–Crippen MR) is 99.4 cm³/mol. The first-order valence-corrected chi connectivity index (χ1v) is 9.63. The second-order valence-electron chi connectivity index (χ2n) is 6.63. The molecule has 2 nitrogen and oxygen atoms in total. The second-order valence-corrected chi connectivity index (χ2v) is 6.63. The van der Waals surface area contributed by atoms with Crippen molar-refractivity contribution >= 4 is 0 Å². The molecule has 0 aromatic heterocycles. The van der Waals surface area contributed by atoms with Crippen molar-refractivity contribution in [1.82, 2.24) is 0 Å². The molecule has 0 saturated heterocycles. The van der Waals surface area contributed by atoms with E-state index in [0.29, 0.717) is 5.75 Å². The Hall–Kier alpha value is -1.18. The van der Waals surface area contributed by atoms with E-state index in [1.165, 1.54) is 70.6 Å². The van der Waals surface area contributed by atoms with Crippen LogP contribution >= 0.6 is 0 Å². The minimum atomic E-state index is 0.397. The molecule has 1 rings (SSSR count). The summed E-state index contributed by atoms with van der Waals surface area (Å²) in [6.07, 6.45) is 17.3. The minimum Gasteiger partial charge on any atom is -0.508 e. The molecule has 1 aromatic rings. The number of unbranched alkanes of at least 4 members (excludes halogenated alkanes) is 11. The molecule has 0 fully saturated rings. The number of aryl methyl sites for hydroxylation is 1. The molecular weight excluding hydrogens is 284 g/mol. The number of ether oxygens (including phenoxy) is 1. The van der Waals surface area contributed by atoms with Gasteiger partial charge in [-0.1, -0.05) is 77.6 Å². The van der Waals surface area contributed by atoms with Crippen LogP contribution in [-0.4, -0.2) is 12.2 Å². The zero-order valence-corrected chi connectivity index (χ0v) is 15.3. The van der Waals surface area contributed by atoms with Crippen LogP contribution in [0.1, 0.15) is 89.5 Å². The number of phenolic OH excluding ortho intramolecular Hbond substituents is 1. The first kappa shape index (κ1) is 19.9. The molecule has 2 heteroatoms. The average molecular weight is 321 g/mol. The quantitative estimate of drug-likeness (QED) is 0.389. The molecule has 1 N–H and O–H groups in total. The van der Waals surface area contributed by atoms with E-state index in [1.807, 2.05) is 6.07 Å². The van der Waals surface area contributed by atoms with Crippen molar-refractivity contribution < 1.29 is 9.84 Å². The number of rotatable bonds is 14. The Morgan fingerprint density at radius 3 is 1.83 bits per heavy atom. The molecule has 0 aliphatic rings. The highest BCUT2D eigenvalue weighted by Gasteiger charge is 2.03. The van der Waals surface area contributed by atoms with Crippen molar-refractivity contribution in [3.63, 3.8) is 0 Å². The molecule has 0 bridgehead atoms. The normalized spacial score (nSPS) is 10.9. The highest BCUT2D eigenvalue weighted by atomic mass is 16.5. The molecule has 23 heavy (non-hydrogen) atoms. The van der Waals surface area contributed by atoms with Crippen LogP contribution in [0.25, 0.3) is 0 Å². The maximum absolute atomic E-state index is 9.85. The third kappa shape index (κ3) is 9.53. The van der Waals surface area contributed by atoms with E-state index < -0.39 is 0 Å². The van der Waals surface area contributed by atoms with Crippen LogP contribution in [0.3, 0.4) is 0 Å². The SMILES string of the molecule is CCCCCCCCCCCCCCc1cc(OC)ccc1O. The van der Waals surface area contributed by atoms with E-state index in [4.69, 9.17) is 4.74 Å². The number of hydrogen-bond acceptors (Lipinski definition) is 2. The van der Waals surface area contributed by atoms with Gasteiger partial charge in [-0.25, -0.2) is 0 Å². The number of hydrogen-bond donors (Lipinski definition) is 1. The molecule has 0 aliphatic carbocycles. The molecule has 0 spiro atoms. The fourth-order valence-electron chi connectivity index (χ4n) is 3.05. The Kier molecular flexibility index (Phi) is 11.5. The lowest BCUT2D eigenvalue weighted by atomic mass is 10.0. The van der Waals surface area contributed by atoms with E-state index in [0.717, 1.165) is 24.2 Å². The van der Waals surface area contributed by atoms with Gasteiger partial charge in [0.05, 0.1) is 7.11 Å². The third-order valence-corrected chi connectivity index (χ3v) is 4.59. The minimum absolute atomic E-state index is 0.397. The summed E-state index contributed by atoms with van der Waals surface area (Å²) in [5, 5.41) is 9.85. The molecule has 0 amide bonds. The fourth-order valence-corrected chi connectivity index (χ4v) is 3.05. The zero-order valence-electron chi connectivity index (χ0n) is 15.3. The molecule has 0 radical (unpaired) electrons. The molecule has 0 unspecified atom stereocenters. The van der Waals surface area contributed by atoms with Crippen molar-refractivity contribution in [3.8, 4) is 11.5 Å². The largest absolute Gasteiger partial charge is 0.508 e. The summed E-state index contributed by atoms with van der Waals surface area (Å²) in [6, 6.07) is 5.49. The maximum Gasteiger partial charge on any atom is 0.119 e. The van der Waals surface area contributed by atoms with Crippen LogP contribution in [0.15, 0.2) is 18.2 Å². The van der Waals surface area contributed by atoms with Gasteiger partial charge in [-0.05, 0) is 36.6 Å². The lowest BCUT2D eigenvalue weighted by molar-refractivity contribution is 0.410. The summed E-state index contributed by atoms with van der Waals surface area (Å²) < 4.78 is 5.21. The standard InChI is InChI=1S/C21H36O2/c1-3-4-5-6-7-8-9-10-11-12-13-14-15-19-18-20(23-2)16-17-21(19)22/h16-18,22H,3-15H2,1-2H3. The van der Waals surface area contributed by atoms with Crippen molar-refractivity contribution in [2.75, 3.05) is 7.11 Å². The van der Waals surface area contributed by atoms with Crippen LogP contribution in [0.5, 0.6) is 11.5 Å². The van der Waals surface area contributed by atoms with Crippen molar-refractivity contribution in [2.24, 2.45) is 0 Å². The first-order valence-electron chi connectivity index (χ1n) is 9.63. The van der Waals surface area contributed by atoms with Gasteiger partial charge in [0.2, 0.25) is 0 Å². The van der Waals surface area contributed by atoms with E-state index in [2.05, 4.69) is 6.92 Å². The van der Waals surface area contributed by atoms with Gasteiger partial charge >= 0.3 is 0 Å². The van der Waals surface area contributed by atoms with Gasteiger partial charge in [-0.15, -0.1) is 0 Å². The molecule has 0 saturated carbocycles. The van der Waals surface area contributed by atoms with Gasteiger partial charge in [0, 0.05) is 0 Å². The number of phenols is 1. The molecule has 0 aliphatic heterocycles. The van der Waals surface area contributed by atoms with Crippen molar-refractivity contribution in [3.05, 3.63) is 23.8 Å². The van der Waals surface area contributed by atoms with Gasteiger partial charge in [0.1, 0.15) is 11.5 Å². The van der Waals surface area contributed by atoms with Crippen LogP contribution in [0.2, 0.25) is 0 Å². The third-order valence-electron chi connectivity index (χ3n) is 4.59. The van der Waals surface area contributed by atoms with E-state index in [9.17, 15) is 5.11 Å². The summed E-state index contributed by atoms with van der Waals surface area (Å²) in [6.45, 7) is 2.27. The fraction of sp³-hybridized carbons (Fsp3) is 0.714. The average Bonchev–Trinajstić information content (AvgIpc) is 2.57. The zero-order chi connectivity index (χ0) is 16.8. The summed E-state index contributed by atoms with van der Waals surface area (Å²) in [5.41, 5.74) is 1.01. The monoisotopic (exact) mass is 320 g/mol. The second kappa shape index (κ2) is 13.3. The van der Waals surface area contributed by atoms with Crippen molar-refractivity contribution in [2.45, 2.75) is 90.4 Å². The van der Waals surface area contributed by atoms with Gasteiger partial charge in [-0.2, -0.15) is 0 Å². The van der Waals surface area contributed by atoms with Gasteiger partial charge in [0.15, 0.2) is 0 Å². The molecule has 1 aromatic carbocycles. The molecular formula is C21H36O2. The smallest absolute Gasteiger partial charge is 0.119 e. The highest BCUT2D eigenvalue weighted by molar-refractivity contribution is 5.39. The topological polar surface area (TPSA) is 29.5 Å². The van der Waals surface area contributed by atoms with Crippen molar-refractivity contribution in [1.29, 1.82) is 0 Å².